The highest BCUT2D eigenvalue weighted by Gasteiger charge is 2.15. The molecule has 0 fully saturated rings. The predicted molar refractivity (Wildman–Crippen MR) is 46.1 cm³/mol. The maximum Gasteiger partial charge on any atom is 0.273 e. The fourth-order valence-corrected chi connectivity index (χ4v) is 1.32. The first-order chi connectivity index (χ1) is 6.36. The number of nitrogens with one attached hydrogen (secondary N) is 1. The highest BCUT2D eigenvalue weighted by atomic mass is 16.3. The van der Waals surface area contributed by atoms with Crippen LogP contribution in [0.5, 0.6) is 0 Å². The molecule has 4 heteroatoms. The summed E-state index contributed by atoms with van der Waals surface area (Å²) in [5, 5.41) is 2.86. The van der Waals surface area contributed by atoms with Crippen LogP contribution >= 0.6 is 0 Å². The number of carbonyl (C=O) groups is 1. The smallest absolute Gasteiger partial charge is 0.273 e. The summed E-state index contributed by atoms with van der Waals surface area (Å²) in [6.45, 7) is 0. The van der Waals surface area contributed by atoms with E-state index in [1.807, 2.05) is 0 Å². The quantitative estimate of drug-likeness (QED) is 0.690. The molecule has 0 saturated heterocycles. The zero-order valence-corrected chi connectivity index (χ0v) is 7.06. The SMILES string of the molecule is O=C(NC1CC=CC1)c1cocn1. The van der Waals surface area contributed by atoms with Crippen molar-refractivity contribution in [3.05, 3.63) is 30.5 Å². The number of carbonyl (C=O) groups excluding carboxylic acids is 1. The fourth-order valence-electron chi connectivity index (χ4n) is 1.32. The first-order valence-electron chi connectivity index (χ1n) is 4.20. The Morgan fingerprint density at radius 3 is 2.92 bits per heavy atom. The highest BCUT2D eigenvalue weighted by molar-refractivity contribution is 5.92. The Morgan fingerprint density at radius 1 is 1.54 bits per heavy atom. The van der Waals surface area contributed by atoms with E-state index >= 15 is 0 Å². The van der Waals surface area contributed by atoms with E-state index in [0.29, 0.717) is 5.69 Å². The molecule has 1 aromatic heterocycles. The van der Waals surface area contributed by atoms with Gasteiger partial charge in [0.1, 0.15) is 6.26 Å². The third-order valence-corrected chi connectivity index (χ3v) is 2.01. The van der Waals surface area contributed by atoms with Gasteiger partial charge in [0, 0.05) is 6.04 Å². The van der Waals surface area contributed by atoms with Crippen molar-refractivity contribution in [3.63, 3.8) is 0 Å². The second-order valence-corrected chi connectivity index (χ2v) is 2.99. The minimum absolute atomic E-state index is 0.164. The number of rotatable bonds is 2. The molecule has 0 atom stereocenters. The number of hydrogen-bond donors (Lipinski definition) is 1. The molecule has 68 valence electrons. The molecule has 1 heterocycles. The molecular weight excluding hydrogens is 168 g/mol. The Bertz CT molecular complexity index is 308. The second kappa shape index (κ2) is 3.43. The van der Waals surface area contributed by atoms with Crippen LogP contribution in [0.15, 0.2) is 29.2 Å². The summed E-state index contributed by atoms with van der Waals surface area (Å²) in [6.07, 6.45) is 8.54. The molecule has 0 aliphatic heterocycles. The number of oxazole rings is 1. The third-order valence-electron chi connectivity index (χ3n) is 2.01. The molecule has 0 saturated carbocycles. The Hall–Kier alpha value is -1.58. The van der Waals surface area contributed by atoms with E-state index < -0.39 is 0 Å². The van der Waals surface area contributed by atoms with E-state index in [-0.39, 0.29) is 11.9 Å². The van der Waals surface area contributed by atoms with Crippen molar-refractivity contribution < 1.29 is 9.21 Å². The van der Waals surface area contributed by atoms with Crippen LogP contribution in [0.2, 0.25) is 0 Å². The van der Waals surface area contributed by atoms with E-state index in [4.69, 9.17) is 4.42 Å². The van der Waals surface area contributed by atoms with Crippen LogP contribution in [0.1, 0.15) is 23.3 Å². The molecular formula is C9H10N2O2. The average Bonchev–Trinajstić information content (AvgIpc) is 2.74. The van der Waals surface area contributed by atoms with Crippen molar-refractivity contribution in [2.45, 2.75) is 18.9 Å². The van der Waals surface area contributed by atoms with Crippen molar-refractivity contribution in [1.29, 1.82) is 0 Å². The van der Waals surface area contributed by atoms with Gasteiger partial charge in [0.25, 0.3) is 5.91 Å². The van der Waals surface area contributed by atoms with Crippen LogP contribution in [0.25, 0.3) is 0 Å². The summed E-state index contributed by atoms with van der Waals surface area (Å²) in [6, 6.07) is 0.226. The molecule has 1 aliphatic rings. The summed E-state index contributed by atoms with van der Waals surface area (Å²) < 4.78 is 4.71. The van der Waals surface area contributed by atoms with Crippen molar-refractivity contribution in [1.82, 2.24) is 10.3 Å². The van der Waals surface area contributed by atoms with Gasteiger partial charge in [-0.15, -0.1) is 0 Å². The lowest BCUT2D eigenvalue weighted by atomic mass is 10.2. The number of amides is 1. The summed E-state index contributed by atoms with van der Waals surface area (Å²) in [5.41, 5.74) is 0.340. The van der Waals surface area contributed by atoms with Crippen LogP contribution in [0, 0.1) is 0 Å². The first-order valence-corrected chi connectivity index (χ1v) is 4.20. The number of hydrogen-bond acceptors (Lipinski definition) is 3. The molecule has 1 amide bonds. The molecule has 4 nitrogen and oxygen atoms in total. The molecule has 0 bridgehead atoms. The Morgan fingerprint density at radius 2 is 2.31 bits per heavy atom. The monoisotopic (exact) mass is 178 g/mol. The topological polar surface area (TPSA) is 55.1 Å². The summed E-state index contributed by atoms with van der Waals surface area (Å²) in [5.74, 6) is -0.164. The van der Waals surface area contributed by atoms with E-state index in [0.717, 1.165) is 12.8 Å². The van der Waals surface area contributed by atoms with Gasteiger partial charge < -0.3 is 9.73 Å². The molecule has 1 aromatic rings. The summed E-state index contributed by atoms with van der Waals surface area (Å²) in [7, 11) is 0. The molecule has 1 aliphatic carbocycles. The fraction of sp³-hybridized carbons (Fsp3) is 0.333. The maximum atomic E-state index is 11.4. The van der Waals surface area contributed by atoms with Gasteiger partial charge in [0.05, 0.1) is 0 Å². The Kier molecular flexibility index (Phi) is 2.12. The lowest BCUT2D eigenvalue weighted by Crippen LogP contribution is -2.32. The van der Waals surface area contributed by atoms with E-state index in [9.17, 15) is 4.79 Å². The highest BCUT2D eigenvalue weighted by Crippen LogP contribution is 2.09. The van der Waals surface area contributed by atoms with Gasteiger partial charge in [0.2, 0.25) is 0 Å². The molecule has 0 radical (unpaired) electrons. The van der Waals surface area contributed by atoms with Crippen molar-refractivity contribution in [3.8, 4) is 0 Å². The van der Waals surface area contributed by atoms with Crippen molar-refractivity contribution in [2.75, 3.05) is 0 Å². The maximum absolute atomic E-state index is 11.4. The number of aromatic nitrogens is 1. The average molecular weight is 178 g/mol. The van der Waals surface area contributed by atoms with E-state index in [1.165, 1.54) is 12.7 Å². The molecule has 2 rings (SSSR count). The molecule has 1 N–H and O–H groups in total. The van der Waals surface area contributed by atoms with Crippen LogP contribution in [-0.4, -0.2) is 16.9 Å². The Balaban J connectivity index is 1.92. The standard InChI is InChI=1S/C9H10N2O2/c12-9(8-5-13-6-10-8)11-7-3-1-2-4-7/h1-2,5-7H,3-4H2,(H,11,12). The summed E-state index contributed by atoms with van der Waals surface area (Å²) in [4.78, 5) is 15.2. The van der Waals surface area contributed by atoms with Gasteiger partial charge in [-0.25, -0.2) is 4.98 Å². The van der Waals surface area contributed by atoms with Gasteiger partial charge in [-0.3, -0.25) is 4.79 Å². The zero-order valence-electron chi connectivity index (χ0n) is 7.06. The van der Waals surface area contributed by atoms with Gasteiger partial charge in [-0.2, -0.15) is 0 Å². The van der Waals surface area contributed by atoms with Crippen LogP contribution in [0.3, 0.4) is 0 Å². The normalized spacial score (nSPS) is 16.3. The summed E-state index contributed by atoms with van der Waals surface area (Å²) >= 11 is 0. The largest absolute Gasteiger partial charge is 0.451 e. The first kappa shape index (κ1) is 8.04. The number of nitrogens with zero attached hydrogens (tertiary/aromatic N) is 1. The van der Waals surface area contributed by atoms with Gasteiger partial charge in [-0.1, -0.05) is 12.2 Å². The van der Waals surface area contributed by atoms with Crippen molar-refractivity contribution >= 4 is 5.91 Å². The lowest BCUT2D eigenvalue weighted by Gasteiger charge is -2.09. The van der Waals surface area contributed by atoms with Crippen LogP contribution in [0.4, 0.5) is 0 Å². The zero-order chi connectivity index (χ0) is 9.10. The molecule has 13 heavy (non-hydrogen) atoms. The van der Waals surface area contributed by atoms with Crippen molar-refractivity contribution in [2.24, 2.45) is 0 Å². The third kappa shape index (κ3) is 1.77. The minimum atomic E-state index is -0.164. The second-order valence-electron chi connectivity index (χ2n) is 2.99. The minimum Gasteiger partial charge on any atom is -0.451 e. The van der Waals surface area contributed by atoms with E-state index in [1.54, 1.807) is 0 Å². The lowest BCUT2D eigenvalue weighted by molar-refractivity contribution is 0.0934. The van der Waals surface area contributed by atoms with Gasteiger partial charge in [-0.05, 0) is 12.8 Å². The van der Waals surface area contributed by atoms with Gasteiger partial charge in [0.15, 0.2) is 12.1 Å². The van der Waals surface area contributed by atoms with E-state index in [2.05, 4.69) is 22.5 Å². The van der Waals surface area contributed by atoms with Gasteiger partial charge >= 0.3 is 0 Å². The molecule has 0 aromatic carbocycles. The van der Waals surface area contributed by atoms with Crippen LogP contribution in [-0.2, 0) is 0 Å². The molecule has 0 unspecified atom stereocenters. The molecule has 0 spiro atoms. The predicted octanol–water partition coefficient (Wildman–Crippen LogP) is 1.12. The Labute approximate surface area is 75.7 Å². The van der Waals surface area contributed by atoms with Crippen LogP contribution < -0.4 is 5.32 Å².